The van der Waals surface area contributed by atoms with Crippen molar-refractivity contribution in [1.29, 1.82) is 0 Å². The molecule has 1 spiro atoms. The monoisotopic (exact) mass is 178 g/mol. The highest BCUT2D eigenvalue weighted by Crippen LogP contribution is 2.70. The zero-order valence-electron chi connectivity index (χ0n) is 8.60. The molecule has 0 radical (unpaired) electrons. The van der Waals surface area contributed by atoms with Crippen LogP contribution in [0.1, 0.15) is 46.0 Å². The molecule has 0 unspecified atom stereocenters. The van der Waals surface area contributed by atoms with Crippen LogP contribution in [0.3, 0.4) is 0 Å². The summed E-state index contributed by atoms with van der Waals surface area (Å²) >= 11 is 0. The smallest absolute Gasteiger partial charge is 0.142 e. The highest BCUT2D eigenvalue weighted by atomic mass is 16.1. The van der Waals surface area contributed by atoms with Crippen molar-refractivity contribution in [2.24, 2.45) is 22.7 Å². The van der Waals surface area contributed by atoms with Crippen molar-refractivity contribution in [2.45, 2.75) is 46.0 Å². The molecule has 0 saturated heterocycles. The summed E-state index contributed by atoms with van der Waals surface area (Å²) in [7, 11) is 0. The lowest BCUT2D eigenvalue weighted by molar-refractivity contribution is -0.135. The van der Waals surface area contributed by atoms with E-state index >= 15 is 0 Å². The maximum absolute atomic E-state index is 12.0. The van der Waals surface area contributed by atoms with E-state index < -0.39 is 0 Å². The zero-order valence-corrected chi connectivity index (χ0v) is 8.60. The number of ketones is 1. The van der Waals surface area contributed by atoms with Crippen LogP contribution in [-0.4, -0.2) is 5.78 Å². The predicted molar refractivity (Wildman–Crippen MR) is 51.3 cm³/mol. The van der Waals surface area contributed by atoms with E-state index in [1.54, 1.807) is 0 Å². The van der Waals surface area contributed by atoms with Crippen LogP contribution in [0.5, 0.6) is 0 Å². The molecular weight excluding hydrogens is 160 g/mol. The Bertz CT molecular complexity index is 279. The lowest BCUT2D eigenvalue weighted by Crippen LogP contribution is -2.42. The highest BCUT2D eigenvalue weighted by molar-refractivity contribution is 5.91. The summed E-state index contributed by atoms with van der Waals surface area (Å²) in [6.45, 7) is 4.40. The molecule has 72 valence electrons. The number of carbonyl (C=O) groups is 1. The maximum atomic E-state index is 12.0. The lowest BCUT2D eigenvalue weighted by Gasteiger charge is -2.42. The first-order valence-electron chi connectivity index (χ1n) is 5.62. The second-order valence-electron chi connectivity index (χ2n) is 5.87. The second-order valence-corrected chi connectivity index (χ2v) is 5.87. The molecule has 3 fully saturated rings. The fourth-order valence-electron chi connectivity index (χ4n) is 4.66. The maximum Gasteiger partial charge on any atom is 0.142 e. The molecule has 0 aromatic carbocycles. The summed E-state index contributed by atoms with van der Waals surface area (Å²) in [6.07, 6.45) is 6.54. The molecule has 3 atom stereocenters. The summed E-state index contributed by atoms with van der Waals surface area (Å²) in [4.78, 5) is 12.0. The Balaban J connectivity index is 2.12. The van der Waals surface area contributed by atoms with Gasteiger partial charge in [-0.1, -0.05) is 20.3 Å². The van der Waals surface area contributed by atoms with Crippen molar-refractivity contribution >= 4 is 5.78 Å². The van der Waals surface area contributed by atoms with E-state index in [-0.39, 0.29) is 5.41 Å². The Labute approximate surface area is 79.9 Å². The van der Waals surface area contributed by atoms with Crippen LogP contribution in [0.25, 0.3) is 0 Å². The summed E-state index contributed by atoms with van der Waals surface area (Å²) in [5.41, 5.74) is 0.450. The number of rotatable bonds is 0. The van der Waals surface area contributed by atoms with Gasteiger partial charge in [-0.15, -0.1) is 0 Å². The third-order valence-electron chi connectivity index (χ3n) is 5.37. The van der Waals surface area contributed by atoms with Gasteiger partial charge in [-0.2, -0.15) is 0 Å². The summed E-state index contributed by atoms with van der Waals surface area (Å²) in [5.74, 6) is 1.91. The first-order valence-corrected chi connectivity index (χ1v) is 5.62. The van der Waals surface area contributed by atoms with Crippen LogP contribution < -0.4 is 0 Å². The number of hydrogen-bond donors (Lipinski definition) is 0. The molecule has 0 amide bonds. The molecule has 0 heterocycles. The summed E-state index contributed by atoms with van der Waals surface area (Å²) < 4.78 is 0. The van der Waals surface area contributed by atoms with Crippen molar-refractivity contribution < 1.29 is 4.79 Å². The Kier molecular flexibility index (Phi) is 1.24. The van der Waals surface area contributed by atoms with Gasteiger partial charge >= 0.3 is 0 Å². The van der Waals surface area contributed by atoms with Gasteiger partial charge < -0.3 is 0 Å². The third kappa shape index (κ3) is 0.660. The van der Waals surface area contributed by atoms with Crippen LogP contribution in [-0.2, 0) is 4.79 Å². The van der Waals surface area contributed by atoms with Gasteiger partial charge in [-0.3, -0.25) is 4.79 Å². The molecule has 2 bridgehead atoms. The number of fused-ring (bicyclic) bond motifs is 1. The zero-order chi connectivity index (χ0) is 9.27. The molecule has 0 aromatic heterocycles. The standard InChI is InChI=1S/C12H18O/c1-11(2)10(13)8-6-9-4-3-5-12(9,11)7-8/h8-9H,3-7H2,1-2H3/t8-,9-,12-/m1/s1. The second kappa shape index (κ2) is 2.02. The van der Waals surface area contributed by atoms with Gasteiger partial charge in [0.1, 0.15) is 5.78 Å². The van der Waals surface area contributed by atoms with Crippen LogP contribution >= 0.6 is 0 Å². The van der Waals surface area contributed by atoms with E-state index in [1.165, 1.54) is 32.1 Å². The van der Waals surface area contributed by atoms with Gasteiger partial charge in [0.15, 0.2) is 0 Å². The molecule has 1 heteroatoms. The van der Waals surface area contributed by atoms with Crippen LogP contribution in [0.2, 0.25) is 0 Å². The number of Topliss-reactive ketones (excluding diaryl/α,β-unsaturated/α-hetero) is 1. The minimum atomic E-state index is 0.0110. The topological polar surface area (TPSA) is 17.1 Å². The minimum absolute atomic E-state index is 0.0110. The number of carbonyl (C=O) groups excluding carboxylic acids is 1. The van der Waals surface area contributed by atoms with E-state index in [0.29, 0.717) is 17.1 Å². The van der Waals surface area contributed by atoms with Crippen molar-refractivity contribution in [3.63, 3.8) is 0 Å². The Morgan fingerprint density at radius 2 is 2.15 bits per heavy atom. The average molecular weight is 178 g/mol. The molecule has 3 saturated carbocycles. The van der Waals surface area contributed by atoms with Crippen LogP contribution in [0, 0.1) is 22.7 Å². The normalized spacial score (nSPS) is 51.4. The Morgan fingerprint density at radius 1 is 1.38 bits per heavy atom. The molecule has 0 aromatic rings. The predicted octanol–water partition coefficient (Wildman–Crippen LogP) is 2.79. The van der Waals surface area contributed by atoms with Gasteiger partial charge in [-0.25, -0.2) is 0 Å². The number of hydrogen-bond acceptors (Lipinski definition) is 1. The molecule has 0 aliphatic heterocycles. The van der Waals surface area contributed by atoms with Crippen molar-refractivity contribution in [3.05, 3.63) is 0 Å². The van der Waals surface area contributed by atoms with Gasteiger partial charge in [-0.05, 0) is 37.0 Å². The fraction of sp³-hybridized carbons (Fsp3) is 0.917. The van der Waals surface area contributed by atoms with E-state index in [0.717, 1.165) is 5.92 Å². The fourth-order valence-corrected chi connectivity index (χ4v) is 4.66. The van der Waals surface area contributed by atoms with E-state index in [4.69, 9.17) is 0 Å². The van der Waals surface area contributed by atoms with Gasteiger partial charge in [0, 0.05) is 11.3 Å². The van der Waals surface area contributed by atoms with E-state index in [1.807, 2.05) is 0 Å². The summed E-state index contributed by atoms with van der Waals surface area (Å²) in [6, 6.07) is 0. The largest absolute Gasteiger partial charge is 0.299 e. The first kappa shape index (κ1) is 8.02. The van der Waals surface area contributed by atoms with Gasteiger partial charge in [0.2, 0.25) is 0 Å². The molecule has 1 nitrogen and oxygen atoms in total. The Morgan fingerprint density at radius 3 is 2.85 bits per heavy atom. The van der Waals surface area contributed by atoms with Crippen LogP contribution in [0.15, 0.2) is 0 Å². The molecule has 3 aliphatic carbocycles. The van der Waals surface area contributed by atoms with Crippen molar-refractivity contribution in [1.82, 2.24) is 0 Å². The quantitative estimate of drug-likeness (QED) is 0.557. The van der Waals surface area contributed by atoms with Gasteiger partial charge in [0.05, 0.1) is 0 Å². The minimum Gasteiger partial charge on any atom is -0.299 e. The molecule has 3 aliphatic rings. The third-order valence-corrected chi connectivity index (χ3v) is 5.37. The van der Waals surface area contributed by atoms with E-state index in [2.05, 4.69) is 13.8 Å². The SMILES string of the molecule is CC1(C)C(=O)[C@@H]2C[C@H]3CCC[C@@]31C2. The molecular formula is C12H18O. The highest BCUT2D eigenvalue weighted by Gasteiger charge is 2.67. The lowest BCUT2D eigenvalue weighted by atomic mass is 9.61. The molecule has 13 heavy (non-hydrogen) atoms. The van der Waals surface area contributed by atoms with E-state index in [9.17, 15) is 4.79 Å². The first-order chi connectivity index (χ1) is 6.08. The Hall–Kier alpha value is -0.330. The summed E-state index contributed by atoms with van der Waals surface area (Å²) in [5, 5.41) is 0. The average Bonchev–Trinajstić information content (AvgIpc) is 2.60. The van der Waals surface area contributed by atoms with Crippen LogP contribution in [0.4, 0.5) is 0 Å². The van der Waals surface area contributed by atoms with Crippen molar-refractivity contribution in [3.8, 4) is 0 Å². The molecule has 3 rings (SSSR count). The van der Waals surface area contributed by atoms with Gasteiger partial charge in [0.25, 0.3) is 0 Å². The van der Waals surface area contributed by atoms with Crippen molar-refractivity contribution in [2.75, 3.05) is 0 Å². The molecule has 0 N–H and O–H groups in total.